The number of hydrogen-bond acceptors (Lipinski definition) is 13. The summed E-state index contributed by atoms with van der Waals surface area (Å²) in [5, 5.41) is 27.4. The minimum absolute atomic E-state index is 0.00540. The molecule has 0 aliphatic carbocycles. The first-order chi connectivity index (χ1) is 31.1. The molecule has 67 heavy (non-hydrogen) atoms. The van der Waals surface area contributed by atoms with Gasteiger partial charge in [-0.15, -0.1) is 11.3 Å². The zero-order chi connectivity index (χ0) is 50.7. The van der Waals surface area contributed by atoms with E-state index in [4.69, 9.17) is 4.74 Å². The number of carbonyl (C=O) groups excluding carboxylic acids is 7. The summed E-state index contributed by atoms with van der Waals surface area (Å²) in [7, 11) is 7.57. The molecule has 5 amide bonds. The van der Waals surface area contributed by atoms with Gasteiger partial charge in [-0.1, -0.05) is 47.1 Å². The molecule has 0 spiro atoms. The summed E-state index contributed by atoms with van der Waals surface area (Å²) in [5.41, 5.74) is -0.0695. The monoisotopic (exact) mass is 973 g/mol. The third-order valence-electron chi connectivity index (χ3n) is 13.3. The number of Topliss-reactive ketones (excluding diaryl/α,β-unsaturated/α-hetero) is 1. The number of amides is 5. The van der Waals surface area contributed by atoms with E-state index in [1.54, 1.807) is 24.3 Å². The van der Waals surface area contributed by atoms with Gasteiger partial charge in [0.25, 0.3) is 5.91 Å². The van der Waals surface area contributed by atoms with Gasteiger partial charge in [0.1, 0.15) is 16.5 Å². The zero-order valence-corrected chi connectivity index (χ0v) is 43.1. The number of aliphatic carboxylic acids is 1. The number of carboxylic acid groups (broad SMARTS) is 1. The minimum Gasteiger partial charge on any atom is -0.506 e. The number of nitrogens with one attached hydrogen (secondary N) is 2. The van der Waals surface area contributed by atoms with Crippen molar-refractivity contribution in [3.8, 4) is 5.75 Å². The van der Waals surface area contributed by atoms with Crippen LogP contribution in [0.4, 0.5) is 5.69 Å². The van der Waals surface area contributed by atoms with Crippen molar-refractivity contribution in [3.05, 3.63) is 39.8 Å². The summed E-state index contributed by atoms with van der Waals surface area (Å²) in [6, 6.07) is 3.30. The number of esters is 1. The minimum atomic E-state index is -1.07. The predicted octanol–water partition coefficient (Wildman–Crippen LogP) is 6.09. The number of benzene rings is 1. The van der Waals surface area contributed by atoms with Crippen molar-refractivity contribution in [2.75, 3.05) is 46.3 Å². The summed E-state index contributed by atoms with van der Waals surface area (Å²) in [6.45, 7) is 14.5. The first-order valence-electron chi connectivity index (χ1n) is 22.9. The lowest BCUT2D eigenvalue weighted by Gasteiger charge is -2.41. The molecule has 0 saturated carbocycles. The normalized spacial score (nSPS) is 17.0. The van der Waals surface area contributed by atoms with Crippen molar-refractivity contribution in [1.29, 1.82) is 0 Å². The van der Waals surface area contributed by atoms with Crippen LogP contribution in [0.15, 0.2) is 23.6 Å². The number of rotatable bonds is 26. The first kappa shape index (κ1) is 56.4. The summed E-state index contributed by atoms with van der Waals surface area (Å²) in [5.74, 6) is -5.32. The number of hydrogen-bond donors (Lipinski definition) is 4. The number of thiazole rings is 1. The number of anilines is 1. The fourth-order valence-corrected chi connectivity index (χ4v) is 9.34. The van der Waals surface area contributed by atoms with Crippen LogP contribution in [0, 0.1) is 23.7 Å². The van der Waals surface area contributed by atoms with Gasteiger partial charge < -0.3 is 35.0 Å². The van der Waals surface area contributed by atoms with Crippen molar-refractivity contribution in [2.24, 2.45) is 23.7 Å². The molecule has 1 aromatic heterocycles. The fraction of sp³-hybridized carbons (Fsp3) is 0.646. The van der Waals surface area contributed by atoms with Crippen molar-refractivity contribution in [3.63, 3.8) is 0 Å². The Bertz CT molecular complexity index is 2120. The molecular weight excluding hydrogens is 901 g/mol. The number of imide groups is 1. The molecule has 0 radical (unpaired) electrons. The summed E-state index contributed by atoms with van der Waals surface area (Å²) in [4.78, 5) is 112. The van der Waals surface area contributed by atoms with E-state index in [0.29, 0.717) is 21.5 Å². The van der Waals surface area contributed by atoms with Crippen LogP contribution in [0.3, 0.4) is 0 Å². The molecule has 19 heteroatoms. The van der Waals surface area contributed by atoms with Crippen molar-refractivity contribution >= 4 is 76.0 Å². The van der Waals surface area contributed by atoms with Crippen molar-refractivity contribution in [1.82, 2.24) is 20.1 Å². The van der Waals surface area contributed by atoms with Gasteiger partial charge in [-0.2, -0.15) is 11.8 Å². The van der Waals surface area contributed by atoms with Crippen LogP contribution in [0.5, 0.6) is 5.75 Å². The quantitative estimate of drug-likeness (QED) is 0.0362. The number of thioether (sulfide) groups is 1. The average Bonchev–Trinajstić information content (AvgIpc) is 3.85. The molecule has 2 heterocycles. The second kappa shape index (κ2) is 24.4. The van der Waals surface area contributed by atoms with Gasteiger partial charge in [0.05, 0.1) is 38.0 Å². The molecule has 17 nitrogen and oxygen atoms in total. The molecule has 1 fully saturated rings. The summed E-state index contributed by atoms with van der Waals surface area (Å²) >= 11 is 2.41. The van der Waals surface area contributed by atoms with E-state index >= 15 is 0 Å². The predicted molar refractivity (Wildman–Crippen MR) is 258 cm³/mol. The number of ether oxygens (including phenoxy) is 1. The number of aromatic nitrogens is 1. The van der Waals surface area contributed by atoms with Gasteiger partial charge >= 0.3 is 11.9 Å². The van der Waals surface area contributed by atoms with E-state index < -0.39 is 64.6 Å². The van der Waals surface area contributed by atoms with Gasteiger partial charge in [0.15, 0.2) is 17.4 Å². The first-order valence-corrected chi connectivity index (χ1v) is 25.1. The molecule has 3 unspecified atom stereocenters. The highest BCUT2D eigenvalue weighted by molar-refractivity contribution is 8.00. The SMILES string of the molecule is CCC(C)[C@H](CC(=O)C(C)(C)[N+](C)(C)C)C(=O)N(C)[C@H](C[C@@H](OC(C)=O)c1nc(C(=O)N[C@@H](Cc2ccc(O)c(NC(=O)CCCN3C(=O)CC(SC)C3=O)c2)CC(C)C(=O)O)cs1)C(C)C. The Morgan fingerprint density at radius 2 is 1.73 bits per heavy atom. The lowest BCUT2D eigenvalue weighted by Crippen LogP contribution is -2.58. The number of likely N-dealkylation sites (tertiary alicyclic amines) is 1. The van der Waals surface area contributed by atoms with Crippen LogP contribution in [-0.4, -0.2) is 141 Å². The molecule has 3 rings (SSSR count). The number of ketones is 1. The highest BCUT2D eigenvalue weighted by Gasteiger charge is 2.44. The number of carboxylic acids is 1. The van der Waals surface area contributed by atoms with Gasteiger partial charge in [-0.05, 0) is 68.9 Å². The van der Waals surface area contributed by atoms with Crippen LogP contribution in [0.2, 0.25) is 0 Å². The van der Waals surface area contributed by atoms with E-state index in [1.165, 1.54) is 48.0 Å². The Morgan fingerprint density at radius 3 is 2.28 bits per heavy atom. The lowest BCUT2D eigenvalue weighted by molar-refractivity contribution is -0.908. The summed E-state index contributed by atoms with van der Waals surface area (Å²) < 4.78 is 6.20. The topological polar surface area (TPSA) is 230 Å². The van der Waals surface area contributed by atoms with Gasteiger partial charge in [0, 0.05) is 69.6 Å². The Labute approximate surface area is 403 Å². The number of carbonyl (C=O) groups is 8. The molecule has 4 N–H and O–H groups in total. The molecule has 372 valence electrons. The Morgan fingerprint density at radius 1 is 1.07 bits per heavy atom. The number of phenolic OH excluding ortho intramolecular Hbond substituents is 1. The smallest absolute Gasteiger partial charge is 0.306 e. The Kier molecular flexibility index (Phi) is 20.6. The number of likely N-dealkylation sites (N-methyl/N-ethyl adjacent to an activating group) is 1. The number of nitrogens with zero attached hydrogens (tertiary/aromatic N) is 4. The largest absolute Gasteiger partial charge is 0.506 e. The van der Waals surface area contributed by atoms with Crippen LogP contribution in [0.25, 0.3) is 0 Å². The Balaban J connectivity index is 1.81. The van der Waals surface area contributed by atoms with E-state index in [2.05, 4.69) is 15.6 Å². The maximum absolute atomic E-state index is 14.4. The maximum atomic E-state index is 14.4. The van der Waals surface area contributed by atoms with Crippen molar-refractivity contribution < 1.29 is 57.8 Å². The molecule has 1 saturated heterocycles. The Hall–Kier alpha value is -4.88. The highest BCUT2D eigenvalue weighted by atomic mass is 32.2. The van der Waals surface area contributed by atoms with Crippen molar-refractivity contribution in [2.45, 2.75) is 136 Å². The number of aromatic hydroxyl groups is 1. The maximum Gasteiger partial charge on any atom is 0.306 e. The molecule has 1 aromatic carbocycles. The molecular formula is C48H73N6O11S2+. The third kappa shape index (κ3) is 15.3. The van der Waals surface area contributed by atoms with E-state index in [9.17, 15) is 48.6 Å². The second-order valence-electron chi connectivity index (χ2n) is 19.5. The molecule has 2 aromatic rings. The second-order valence-corrected chi connectivity index (χ2v) is 21.5. The number of quaternary nitrogens is 1. The van der Waals surface area contributed by atoms with Crippen LogP contribution >= 0.6 is 23.1 Å². The fourth-order valence-electron chi connectivity index (χ4n) is 7.86. The van der Waals surface area contributed by atoms with Crippen LogP contribution in [-0.2, 0) is 44.7 Å². The van der Waals surface area contributed by atoms with Gasteiger partial charge in [0.2, 0.25) is 23.6 Å². The van der Waals surface area contributed by atoms with Crippen LogP contribution in [0.1, 0.15) is 127 Å². The summed E-state index contributed by atoms with van der Waals surface area (Å²) in [6.07, 6.45) is 2.21. The molecule has 0 bridgehead atoms. The number of phenols is 1. The van der Waals surface area contributed by atoms with Gasteiger partial charge in [-0.3, -0.25) is 43.3 Å². The van der Waals surface area contributed by atoms with E-state index in [0.717, 1.165) is 11.3 Å². The third-order valence-corrected chi connectivity index (χ3v) is 15.2. The molecule has 1 aliphatic rings. The zero-order valence-electron chi connectivity index (χ0n) is 41.5. The molecule has 1 aliphatic heterocycles. The highest BCUT2D eigenvalue weighted by Crippen LogP contribution is 2.34. The lowest BCUT2D eigenvalue weighted by atomic mass is 9.80. The standard InChI is InChI=1S/C48H72N6O11S2/c1-14-28(4)33(23-40(57)48(7,8)54(10,11)12)45(61)52(9)36(27(2)3)24-38(65-30(6)55)44-51-35(26-67-44)43(60)49-32(20-29(5)47(63)64)21-31-17-18-37(56)34(22-31)50-41(58)16-15-19-53-42(59)25-39(66-13)46(53)62/h17-18,22,26-29,32-33,36,38-39H,14-16,19-21,23-25H2,1-13H3,(H3-,49,50,56,58,60,63,64)/p+1/t28?,29?,32-,33+,36-,38-,39?/m1/s1. The van der Waals surface area contributed by atoms with E-state index in [1.807, 2.05) is 62.7 Å². The van der Waals surface area contributed by atoms with Gasteiger partial charge in [-0.25, -0.2) is 4.98 Å². The van der Waals surface area contributed by atoms with Crippen LogP contribution < -0.4 is 10.6 Å². The average molecular weight is 974 g/mol. The van der Waals surface area contributed by atoms with E-state index in [-0.39, 0.29) is 104 Å². The molecule has 7 atom stereocenters.